The molecule has 0 saturated carbocycles. The van der Waals surface area contributed by atoms with Crippen LogP contribution in [0, 0.1) is 0 Å². The molecule has 2 aromatic heterocycles. The first-order chi connectivity index (χ1) is 10.8. The third-order valence-corrected chi connectivity index (χ3v) is 2.88. The molecule has 3 rings (SSSR count). The second kappa shape index (κ2) is 6.22. The molecule has 3 N–H and O–H groups in total. The van der Waals surface area contributed by atoms with Gasteiger partial charge in [0.2, 0.25) is 11.3 Å². The number of rotatable bonds is 6. The summed E-state index contributed by atoms with van der Waals surface area (Å²) >= 11 is 0. The van der Waals surface area contributed by atoms with Gasteiger partial charge in [-0.05, 0) is 22.4 Å². The normalized spacial score (nSPS) is 10.6. The van der Waals surface area contributed by atoms with Crippen LogP contribution in [0.15, 0.2) is 28.9 Å². The molecular formula is C13H14N6O3. The van der Waals surface area contributed by atoms with E-state index in [2.05, 4.69) is 35.5 Å². The van der Waals surface area contributed by atoms with Gasteiger partial charge in [-0.25, -0.2) is 14.6 Å². The van der Waals surface area contributed by atoms with Crippen molar-refractivity contribution in [2.75, 3.05) is 30.9 Å². The van der Waals surface area contributed by atoms with Crippen molar-refractivity contribution in [3.8, 4) is 5.75 Å². The number of nitrogens with one attached hydrogen (secondary N) is 2. The van der Waals surface area contributed by atoms with E-state index in [1.165, 1.54) is 0 Å². The summed E-state index contributed by atoms with van der Waals surface area (Å²) in [6, 6.07) is 7.41. The van der Waals surface area contributed by atoms with Crippen molar-refractivity contribution in [3.63, 3.8) is 0 Å². The van der Waals surface area contributed by atoms with Gasteiger partial charge in [-0.2, -0.15) is 0 Å². The standard InChI is InChI=1S/C13H14N6O3/c1-21-9-5-3-2-4-8(9)15-11-10(14-6-7-20)16-12-13(17-11)19-22-18-12/h2-5,20H,6-7H2,1H3,(H,14,16,18)(H,15,17,19). The fourth-order valence-corrected chi connectivity index (χ4v) is 1.90. The third kappa shape index (κ3) is 2.74. The molecular weight excluding hydrogens is 288 g/mol. The maximum Gasteiger partial charge on any atom is 0.245 e. The van der Waals surface area contributed by atoms with E-state index in [9.17, 15) is 0 Å². The highest BCUT2D eigenvalue weighted by Crippen LogP contribution is 2.29. The second-order valence-corrected chi connectivity index (χ2v) is 4.31. The van der Waals surface area contributed by atoms with Gasteiger partial charge in [0.05, 0.1) is 19.4 Å². The number of aromatic nitrogens is 4. The Morgan fingerprint density at radius 2 is 1.86 bits per heavy atom. The molecule has 0 bridgehead atoms. The number of ether oxygens (including phenoxy) is 1. The highest BCUT2D eigenvalue weighted by Gasteiger charge is 2.14. The molecule has 0 saturated heterocycles. The van der Waals surface area contributed by atoms with Crippen molar-refractivity contribution < 1.29 is 14.5 Å². The molecule has 0 atom stereocenters. The van der Waals surface area contributed by atoms with E-state index in [1.807, 2.05) is 24.3 Å². The SMILES string of the molecule is COc1ccccc1Nc1nc2nonc2nc1NCCO. The van der Waals surface area contributed by atoms with E-state index in [0.29, 0.717) is 23.9 Å². The van der Waals surface area contributed by atoms with E-state index in [1.54, 1.807) is 7.11 Å². The lowest BCUT2D eigenvalue weighted by Gasteiger charge is -2.13. The lowest BCUT2D eigenvalue weighted by molar-refractivity contribution is 0.311. The molecule has 0 fully saturated rings. The van der Waals surface area contributed by atoms with Crippen LogP contribution in [0.4, 0.5) is 17.3 Å². The first-order valence-corrected chi connectivity index (χ1v) is 6.57. The molecule has 0 radical (unpaired) electrons. The van der Waals surface area contributed by atoms with Crippen LogP contribution in [-0.2, 0) is 0 Å². The Kier molecular flexibility index (Phi) is 3.97. The first kappa shape index (κ1) is 14.0. The largest absolute Gasteiger partial charge is 0.495 e. The van der Waals surface area contributed by atoms with Gasteiger partial charge in [0, 0.05) is 6.54 Å². The van der Waals surface area contributed by atoms with Crippen LogP contribution in [0.5, 0.6) is 5.75 Å². The molecule has 0 unspecified atom stereocenters. The van der Waals surface area contributed by atoms with Gasteiger partial charge in [-0.15, -0.1) is 0 Å². The highest BCUT2D eigenvalue weighted by molar-refractivity contribution is 5.77. The second-order valence-electron chi connectivity index (χ2n) is 4.31. The predicted molar refractivity (Wildman–Crippen MR) is 79.2 cm³/mol. The maximum absolute atomic E-state index is 8.97. The minimum absolute atomic E-state index is 0.0368. The predicted octanol–water partition coefficient (Wildman–Crippen LogP) is 1.17. The van der Waals surface area contributed by atoms with Crippen LogP contribution in [0.2, 0.25) is 0 Å². The Morgan fingerprint density at radius 1 is 1.14 bits per heavy atom. The van der Waals surface area contributed by atoms with Gasteiger partial charge in [-0.1, -0.05) is 12.1 Å². The van der Waals surface area contributed by atoms with Crippen LogP contribution in [-0.4, -0.2) is 45.6 Å². The number of benzene rings is 1. The molecule has 3 aromatic rings. The summed E-state index contributed by atoms with van der Waals surface area (Å²) in [5, 5.41) is 22.4. The van der Waals surface area contributed by atoms with E-state index in [0.717, 1.165) is 5.69 Å². The summed E-state index contributed by atoms with van der Waals surface area (Å²) in [6.45, 7) is 0.289. The number of fused-ring (bicyclic) bond motifs is 1. The van der Waals surface area contributed by atoms with Crippen LogP contribution in [0.25, 0.3) is 11.3 Å². The zero-order chi connectivity index (χ0) is 15.4. The zero-order valence-electron chi connectivity index (χ0n) is 11.8. The Morgan fingerprint density at radius 3 is 2.59 bits per heavy atom. The van der Waals surface area contributed by atoms with Crippen molar-refractivity contribution in [2.24, 2.45) is 0 Å². The molecule has 0 aliphatic heterocycles. The molecule has 1 aromatic carbocycles. The average Bonchev–Trinajstić information content (AvgIpc) is 3.00. The Labute approximate surface area is 125 Å². The van der Waals surface area contributed by atoms with Gasteiger partial charge in [0.15, 0.2) is 11.6 Å². The number of nitrogens with zero attached hydrogens (tertiary/aromatic N) is 4. The molecule has 9 heteroatoms. The number of para-hydroxylation sites is 2. The van der Waals surface area contributed by atoms with Gasteiger partial charge in [-0.3, -0.25) is 0 Å². The highest BCUT2D eigenvalue weighted by atomic mass is 16.6. The van der Waals surface area contributed by atoms with Crippen LogP contribution < -0.4 is 15.4 Å². The lowest BCUT2D eigenvalue weighted by Crippen LogP contribution is -2.10. The van der Waals surface area contributed by atoms with E-state index < -0.39 is 0 Å². The zero-order valence-corrected chi connectivity index (χ0v) is 11.8. The fourth-order valence-electron chi connectivity index (χ4n) is 1.90. The Balaban J connectivity index is 2.00. The molecule has 114 valence electrons. The number of aliphatic hydroxyl groups excluding tert-OH is 1. The summed E-state index contributed by atoms with van der Waals surface area (Å²) in [5.74, 6) is 1.53. The summed E-state index contributed by atoms with van der Waals surface area (Å²) in [4.78, 5) is 8.59. The first-order valence-electron chi connectivity index (χ1n) is 6.57. The maximum atomic E-state index is 8.97. The molecule has 2 heterocycles. The van der Waals surface area contributed by atoms with Gasteiger partial charge in [0.1, 0.15) is 5.75 Å². The molecule has 0 amide bonds. The Hall–Kier alpha value is -2.94. The van der Waals surface area contributed by atoms with Crippen LogP contribution in [0.1, 0.15) is 0 Å². The van der Waals surface area contributed by atoms with Crippen molar-refractivity contribution in [3.05, 3.63) is 24.3 Å². The summed E-state index contributed by atoms with van der Waals surface area (Å²) in [7, 11) is 1.59. The monoisotopic (exact) mass is 302 g/mol. The number of methoxy groups -OCH3 is 1. The number of aliphatic hydroxyl groups is 1. The minimum Gasteiger partial charge on any atom is -0.495 e. The van der Waals surface area contributed by atoms with Crippen LogP contribution >= 0.6 is 0 Å². The van der Waals surface area contributed by atoms with E-state index >= 15 is 0 Å². The van der Waals surface area contributed by atoms with Crippen molar-refractivity contribution in [1.29, 1.82) is 0 Å². The molecule has 0 spiro atoms. The van der Waals surface area contributed by atoms with E-state index in [4.69, 9.17) is 9.84 Å². The van der Waals surface area contributed by atoms with Crippen molar-refractivity contribution in [1.82, 2.24) is 20.3 Å². The van der Waals surface area contributed by atoms with Gasteiger partial charge >= 0.3 is 0 Å². The molecule has 0 aliphatic carbocycles. The minimum atomic E-state index is -0.0368. The third-order valence-electron chi connectivity index (χ3n) is 2.88. The summed E-state index contributed by atoms with van der Waals surface area (Å²) in [6.07, 6.45) is 0. The molecule has 0 aliphatic rings. The van der Waals surface area contributed by atoms with E-state index in [-0.39, 0.29) is 17.9 Å². The fraction of sp³-hybridized carbons (Fsp3) is 0.231. The van der Waals surface area contributed by atoms with Gasteiger partial charge < -0.3 is 20.5 Å². The van der Waals surface area contributed by atoms with Crippen molar-refractivity contribution >= 4 is 28.6 Å². The molecule has 22 heavy (non-hydrogen) atoms. The summed E-state index contributed by atoms with van der Waals surface area (Å²) < 4.78 is 9.91. The Bertz CT molecular complexity index is 775. The van der Waals surface area contributed by atoms with Crippen molar-refractivity contribution in [2.45, 2.75) is 0 Å². The van der Waals surface area contributed by atoms with Crippen LogP contribution in [0.3, 0.4) is 0 Å². The lowest BCUT2D eigenvalue weighted by atomic mass is 10.3. The number of hydrogen-bond donors (Lipinski definition) is 3. The number of hydrogen-bond acceptors (Lipinski definition) is 9. The van der Waals surface area contributed by atoms with Gasteiger partial charge in [0.25, 0.3) is 0 Å². The smallest absolute Gasteiger partial charge is 0.245 e. The number of anilines is 3. The molecule has 9 nitrogen and oxygen atoms in total. The topological polar surface area (TPSA) is 118 Å². The quantitative estimate of drug-likeness (QED) is 0.616. The summed E-state index contributed by atoms with van der Waals surface area (Å²) in [5.41, 5.74) is 1.29. The average molecular weight is 302 g/mol.